The minimum Gasteiger partial charge on any atom is -0.391 e. The third-order valence-corrected chi connectivity index (χ3v) is 1.78. The molecule has 1 rings (SSSR count). The van der Waals surface area contributed by atoms with Crippen molar-refractivity contribution in [3.8, 4) is 0 Å². The number of nitrogens with two attached hydrogens (primary N) is 1. The van der Waals surface area contributed by atoms with Crippen LogP contribution in [0.1, 0.15) is 18.5 Å². The lowest BCUT2D eigenvalue weighted by Crippen LogP contribution is -2.24. The molecule has 12 heavy (non-hydrogen) atoms. The molecule has 0 bridgehead atoms. The Hall–Kier alpha value is -0.930. The van der Waals surface area contributed by atoms with Crippen molar-refractivity contribution in [1.29, 1.82) is 0 Å². The lowest BCUT2D eigenvalue weighted by Gasteiger charge is -2.15. The minimum absolute atomic E-state index is 0.354. The van der Waals surface area contributed by atoms with Gasteiger partial charge < -0.3 is 10.8 Å². The Morgan fingerprint density at radius 2 is 2.00 bits per heavy atom. The van der Waals surface area contributed by atoms with Gasteiger partial charge in [-0.2, -0.15) is 0 Å². The highest BCUT2D eigenvalue weighted by Gasteiger charge is 2.14. The van der Waals surface area contributed by atoms with Crippen LogP contribution in [0.5, 0.6) is 0 Å². The summed E-state index contributed by atoms with van der Waals surface area (Å²) in [6.07, 6.45) is -0.734. The van der Waals surface area contributed by atoms with E-state index in [1.807, 2.05) is 0 Å². The molecule has 0 amide bonds. The van der Waals surface area contributed by atoms with Gasteiger partial charge in [-0.1, -0.05) is 18.2 Å². The Morgan fingerprint density at radius 3 is 2.50 bits per heavy atom. The van der Waals surface area contributed by atoms with Crippen molar-refractivity contribution in [1.82, 2.24) is 0 Å². The van der Waals surface area contributed by atoms with E-state index in [1.165, 1.54) is 13.0 Å². The SMILES string of the molecule is C[C@H](O)[C@@H](N)c1ccccc1F. The zero-order valence-electron chi connectivity index (χ0n) is 6.87. The smallest absolute Gasteiger partial charge is 0.128 e. The van der Waals surface area contributed by atoms with E-state index in [1.54, 1.807) is 18.2 Å². The fraction of sp³-hybridized carbons (Fsp3) is 0.333. The normalized spacial score (nSPS) is 15.7. The second-order valence-corrected chi connectivity index (χ2v) is 2.79. The van der Waals surface area contributed by atoms with Crippen molar-refractivity contribution in [2.45, 2.75) is 19.1 Å². The molecule has 2 atom stereocenters. The first-order valence-electron chi connectivity index (χ1n) is 3.81. The summed E-state index contributed by atoms with van der Waals surface area (Å²) in [6, 6.07) is 5.55. The molecule has 0 saturated carbocycles. The van der Waals surface area contributed by atoms with Crippen LogP contribution >= 0.6 is 0 Å². The number of halogens is 1. The van der Waals surface area contributed by atoms with E-state index < -0.39 is 12.1 Å². The van der Waals surface area contributed by atoms with Crippen LogP contribution in [0.3, 0.4) is 0 Å². The number of benzene rings is 1. The van der Waals surface area contributed by atoms with Crippen LogP contribution in [0.2, 0.25) is 0 Å². The van der Waals surface area contributed by atoms with E-state index in [4.69, 9.17) is 10.8 Å². The van der Waals surface area contributed by atoms with E-state index in [0.29, 0.717) is 5.56 Å². The number of hydrogen-bond donors (Lipinski definition) is 2. The summed E-state index contributed by atoms with van der Waals surface area (Å²) in [6.45, 7) is 1.54. The van der Waals surface area contributed by atoms with Crippen molar-refractivity contribution in [3.63, 3.8) is 0 Å². The molecule has 0 unspecified atom stereocenters. The maximum absolute atomic E-state index is 13.0. The summed E-state index contributed by atoms with van der Waals surface area (Å²) >= 11 is 0. The molecule has 2 nitrogen and oxygen atoms in total. The Bertz CT molecular complexity index is 262. The molecular formula is C9H12FNO. The lowest BCUT2D eigenvalue weighted by molar-refractivity contribution is 0.162. The molecule has 1 aromatic rings. The summed E-state index contributed by atoms with van der Waals surface area (Å²) in [5.41, 5.74) is 5.90. The lowest BCUT2D eigenvalue weighted by atomic mass is 10.0. The molecule has 0 radical (unpaired) electrons. The average Bonchev–Trinajstić information content (AvgIpc) is 2.04. The van der Waals surface area contributed by atoms with E-state index >= 15 is 0 Å². The van der Waals surface area contributed by atoms with Crippen molar-refractivity contribution in [3.05, 3.63) is 35.6 Å². The van der Waals surface area contributed by atoms with Crippen LogP contribution < -0.4 is 5.73 Å². The zero-order valence-corrected chi connectivity index (χ0v) is 6.87. The average molecular weight is 169 g/mol. The first kappa shape index (κ1) is 9.16. The Labute approximate surface area is 70.8 Å². The molecule has 3 heteroatoms. The van der Waals surface area contributed by atoms with Gasteiger partial charge in [-0.15, -0.1) is 0 Å². The van der Waals surface area contributed by atoms with Crippen molar-refractivity contribution in [2.75, 3.05) is 0 Å². The number of rotatable bonds is 2. The van der Waals surface area contributed by atoms with Gasteiger partial charge in [-0.05, 0) is 13.0 Å². The second-order valence-electron chi connectivity index (χ2n) is 2.79. The van der Waals surface area contributed by atoms with Gasteiger partial charge in [0.25, 0.3) is 0 Å². The Kier molecular flexibility index (Phi) is 2.78. The van der Waals surface area contributed by atoms with Gasteiger partial charge in [0.2, 0.25) is 0 Å². The first-order valence-corrected chi connectivity index (χ1v) is 3.81. The molecule has 0 spiro atoms. The summed E-state index contributed by atoms with van der Waals surface area (Å²) in [4.78, 5) is 0. The molecule has 0 aliphatic rings. The summed E-state index contributed by atoms with van der Waals surface area (Å²) in [7, 11) is 0. The van der Waals surface area contributed by atoms with Gasteiger partial charge in [0.1, 0.15) is 5.82 Å². The van der Waals surface area contributed by atoms with Crippen LogP contribution in [0, 0.1) is 5.82 Å². The fourth-order valence-electron chi connectivity index (χ4n) is 1.01. The molecule has 0 aliphatic carbocycles. The third kappa shape index (κ3) is 1.81. The predicted molar refractivity (Wildman–Crippen MR) is 45.0 cm³/mol. The highest BCUT2D eigenvalue weighted by Crippen LogP contribution is 2.16. The summed E-state index contributed by atoms with van der Waals surface area (Å²) in [5, 5.41) is 9.11. The van der Waals surface area contributed by atoms with Crippen LogP contribution in [0.4, 0.5) is 4.39 Å². The second kappa shape index (κ2) is 3.65. The number of hydrogen-bond acceptors (Lipinski definition) is 2. The van der Waals surface area contributed by atoms with Crippen LogP contribution in [-0.4, -0.2) is 11.2 Å². The van der Waals surface area contributed by atoms with Gasteiger partial charge in [-0.3, -0.25) is 0 Å². The molecule has 0 aliphatic heterocycles. The monoisotopic (exact) mass is 169 g/mol. The van der Waals surface area contributed by atoms with Gasteiger partial charge >= 0.3 is 0 Å². The van der Waals surface area contributed by atoms with E-state index in [0.717, 1.165) is 0 Å². The molecule has 0 aromatic heterocycles. The molecule has 66 valence electrons. The van der Waals surface area contributed by atoms with Crippen LogP contribution in [-0.2, 0) is 0 Å². The predicted octanol–water partition coefficient (Wildman–Crippen LogP) is 1.21. The van der Waals surface area contributed by atoms with Gasteiger partial charge in [0, 0.05) is 5.56 Å². The summed E-state index contributed by atoms with van der Waals surface area (Å²) < 4.78 is 13.0. The van der Waals surface area contributed by atoms with Crippen molar-refractivity contribution in [2.24, 2.45) is 5.73 Å². The van der Waals surface area contributed by atoms with E-state index in [9.17, 15) is 4.39 Å². The third-order valence-electron chi connectivity index (χ3n) is 1.78. The van der Waals surface area contributed by atoms with Crippen LogP contribution in [0.25, 0.3) is 0 Å². The highest BCUT2D eigenvalue weighted by molar-refractivity contribution is 5.21. The number of aliphatic hydroxyl groups excluding tert-OH is 1. The number of aliphatic hydroxyl groups is 1. The van der Waals surface area contributed by atoms with Crippen LogP contribution in [0.15, 0.2) is 24.3 Å². The molecular weight excluding hydrogens is 157 g/mol. The summed E-state index contributed by atoms with van der Waals surface area (Å²) in [5.74, 6) is -0.370. The molecule has 1 aromatic carbocycles. The fourth-order valence-corrected chi connectivity index (χ4v) is 1.01. The van der Waals surface area contributed by atoms with E-state index in [2.05, 4.69) is 0 Å². The molecule has 0 saturated heterocycles. The molecule has 0 fully saturated rings. The largest absolute Gasteiger partial charge is 0.391 e. The maximum Gasteiger partial charge on any atom is 0.128 e. The topological polar surface area (TPSA) is 46.2 Å². The van der Waals surface area contributed by atoms with Gasteiger partial charge in [0.05, 0.1) is 12.1 Å². The Balaban J connectivity index is 2.94. The first-order chi connectivity index (χ1) is 5.63. The molecule has 0 heterocycles. The highest BCUT2D eigenvalue weighted by atomic mass is 19.1. The maximum atomic E-state index is 13.0. The van der Waals surface area contributed by atoms with Gasteiger partial charge in [0.15, 0.2) is 0 Å². The van der Waals surface area contributed by atoms with Crippen molar-refractivity contribution < 1.29 is 9.50 Å². The Morgan fingerprint density at radius 1 is 1.42 bits per heavy atom. The quantitative estimate of drug-likeness (QED) is 0.699. The molecule has 3 N–H and O–H groups in total. The minimum atomic E-state index is -0.734. The van der Waals surface area contributed by atoms with E-state index in [-0.39, 0.29) is 5.82 Å². The zero-order chi connectivity index (χ0) is 9.14. The standard InChI is InChI=1S/C9H12FNO/c1-6(12)9(11)7-4-2-3-5-8(7)10/h2-6,9,12H,11H2,1H3/t6-,9+/m0/s1. The van der Waals surface area contributed by atoms with Gasteiger partial charge in [-0.25, -0.2) is 4.39 Å². The van der Waals surface area contributed by atoms with Crippen molar-refractivity contribution >= 4 is 0 Å².